The van der Waals surface area contributed by atoms with E-state index in [1.165, 1.54) is 38.2 Å². The number of phosphoric ester groups is 1. The zero-order chi connectivity index (χ0) is 43.8. The van der Waals surface area contributed by atoms with Crippen LogP contribution in [0.15, 0.2) is 44.5 Å². The van der Waals surface area contributed by atoms with Gasteiger partial charge in [0.05, 0.1) is 50.5 Å². The molecule has 1 amide bonds. The number of aryl methyl sites for hydroxylation is 1. The predicted molar refractivity (Wildman–Crippen MR) is 220 cm³/mol. The molecule has 4 unspecified atom stereocenters. The van der Waals surface area contributed by atoms with Crippen LogP contribution in [0.2, 0.25) is 20.1 Å². The Morgan fingerprint density at radius 1 is 1.03 bits per heavy atom. The quantitative estimate of drug-likeness (QED) is 0.0427. The number of aliphatic hydroxyl groups excluding tert-OH is 1. The minimum atomic E-state index is -4.77. The fourth-order valence-electron chi connectivity index (χ4n) is 6.81. The zero-order valence-electron chi connectivity index (χ0n) is 31.6. The Morgan fingerprint density at radius 2 is 1.75 bits per heavy atom. The number of halogens is 4. The third kappa shape index (κ3) is 9.31. The number of ether oxygens (including phenoxy) is 1. The molecule has 4 atom stereocenters. The summed E-state index contributed by atoms with van der Waals surface area (Å²) in [6, 6.07) is 5.13. The molecule has 60 heavy (non-hydrogen) atoms. The number of nitrogens with zero attached hydrogens (tertiary/aromatic N) is 2. The molecule has 1 fully saturated rings. The van der Waals surface area contributed by atoms with E-state index in [2.05, 4.69) is 10.3 Å². The molecule has 2 aliphatic heterocycles. The lowest BCUT2D eigenvalue weighted by atomic mass is 9.87. The van der Waals surface area contributed by atoms with Crippen LogP contribution in [0.3, 0.4) is 0 Å². The van der Waals surface area contributed by atoms with Crippen molar-refractivity contribution in [3.05, 3.63) is 93.5 Å². The van der Waals surface area contributed by atoms with Crippen LogP contribution in [0.25, 0.3) is 33.4 Å². The molecule has 2 aromatic carbocycles. The standard InChI is InChI=1S/C38H37Cl4N4O13P/c1-16-32(48)22(40)11-18-28(19-12-23(41)33(49)17(2)35(19)59-34(16)18)30-29(37(51)52)21(39)13-20(31(30)42)36(50)44-8-5-3-4-6-10-56-60(54,55)57-15-25-24(47)14-27(58-25)46-9-7-26(43)45-38(46)53/h7,9,11-13,24-25,27,47-48H,3-6,8,10,14-15H2,1-2H3,(H,44,50)(H,51,52)(H,54,55)(H2,43,45,53)/p-1. The molecule has 6 rings (SSSR count). The van der Waals surface area contributed by atoms with Crippen molar-refractivity contribution in [2.45, 2.75) is 64.4 Å². The monoisotopic (exact) mass is 927 g/mol. The average molecular weight is 930 g/mol. The number of hydrogen-bond acceptors (Lipinski definition) is 14. The zero-order valence-corrected chi connectivity index (χ0v) is 35.5. The number of carbonyl (C=O) groups is 2. The van der Waals surface area contributed by atoms with Crippen LogP contribution in [-0.4, -0.2) is 68.7 Å². The number of phenolic OH excluding ortho intramolecular Hbond substituents is 1. The van der Waals surface area contributed by atoms with E-state index >= 15 is 0 Å². The summed E-state index contributed by atoms with van der Waals surface area (Å²) < 4.78 is 35.0. The lowest BCUT2D eigenvalue weighted by molar-refractivity contribution is -0.228. The van der Waals surface area contributed by atoms with Crippen LogP contribution in [-0.2, 0) is 18.3 Å². The largest absolute Gasteiger partial charge is 0.756 e. The SMILES string of the molecule is Cc1c2oc3c(C)c(O)c(Cl)cc3c(-c3c(Cl)c(C(=O)NCCCCCCOP(=O)([O-])OCC4OC(n5ccc(N)nc5=O)CC4O)cc(Cl)c3C(=O)O)c-2cc(Cl)c1=O. The molecule has 0 radical (unpaired) electrons. The molecule has 320 valence electrons. The van der Waals surface area contributed by atoms with Crippen molar-refractivity contribution >= 4 is 82.9 Å². The third-order valence-corrected chi connectivity index (χ3v) is 12.1. The first kappa shape index (κ1) is 45.3. The molecule has 0 spiro atoms. The van der Waals surface area contributed by atoms with Gasteiger partial charge in [-0.2, -0.15) is 4.98 Å². The number of phenols is 1. The van der Waals surface area contributed by atoms with Crippen molar-refractivity contribution < 1.29 is 52.6 Å². The Bertz CT molecular complexity index is 2660. The maximum Gasteiger partial charge on any atom is 0.351 e. The number of benzene rings is 3. The van der Waals surface area contributed by atoms with Gasteiger partial charge < -0.3 is 49.5 Å². The molecule has 22 heteroatoms. The summed E-state index contributed by atoms with van der Waals surface area (Å²) in [6.45, 7) is 2.36. The molecule has 3 heterocycles. The summed E-state index contributed by atoms with van der Waals surface area (Å²) in [5.74, 6) is -2.45. The van der Waals surface area contributed by atoms with E-state index in [1.807, 2.05) is 0 Å². The number of nitrogens with two attached hydrogens (primary N) is 1. The highest BCUT2D eigenvalue weighted by atomic mass is 35.5. The number of unbranched alkanes of at least 4 members (excludes halogenated alkanes) is 3. The van der Waals surface area contributed by atoms with Gasteiger partial charge in [0.2, 0.25) is 5.43 Å². The molecular weight excluding hydrogens is 893 g/mol. The topological polar surface area (TPSA) is 266 Å². The number of carboxylic acids is 1. The average Bonchev–Trinajstić information content (AvgIpc) is 3.56. The van der Waals surface area contributed by atoms with Gasteiger partial charge in [-0.05, 0) is 51.0 Å². The number of fused-ring (bicyclic) bond motifs is 2. The normalized spacial score (nSPS) is 17.6. The Hall–Kier alpha value is -4.26. The Morgan fingerprint density at radius 3 is 2.45 bits per heavy atom. The van der Waals surface area contributed by atoms with E-state index in [4.69, 9.17) is 70.3 Å². The van der Waals surface area contributed by atoms with Gasteiger partial charge in [-0.15, -0.1) is 0 Å². The number of aromatic carboxylic acids is 1. The van der Waals surface area contributed by atoms with Crippen molar-refractivity contribution in [2.75, 3.05) is 25.5 Å². The first-order chi connectivity index (χ1) is 28.3. The van der Waals surface area contributed by atoms with Gasteiger partial charge in [-0.25, -0.2) is 9.59 Å². The number of aromatic hydroxyl groups is 1. The number of anilines is 1. The first-order valence-corrected chi connectivity index (χ1v) is 21.2. The lowest BCUT2D eigenvalue weighted by Gasteiger charge is -2.25. The van der Waals surface area contributed by atoms with Crippen molar-refractivity contribution in [1.29, 1.82) is 0 Å². The number of nitrogen functional groups attached to an aromatic ring is 1. The van der Waals surface area contributed by atoms with Crippen LogP contribution in [0.5, 0.6) is 5.75 Å². The van der Waals surface area contributed by atoms with Gasteiger partial charge in [0.25, 0.3) is 13.7 Å². The van der Waals surface area contributed by atoms with E-state index in [-0.39, 0.29) is 101 Å². The van der Waals surface area contributed by atoms with Crippen molar-refractivity contribution in [2.24, 2.45) is 0 Å². The second-order valence-corrected chi connectivity index (χ2v) is 16.9. The number of hydrogen-bond donors (Lipinski definition) is 5. The summed E-state index contributed by atoms with van der Waals surface area (Å²) in [6.07, 6.45) is 0.0538. The van der Waals surface area contributed by atoms with E-state index in [9.17, 15) is 44.0 Å². The molecule has 0 bridgehead atoms. The van der Waals surface area contributed by atoms with Crippen LogP contribution >= 0.6 is 54.2 Å². The number of carboxylic acid groups (broad SMARTS) is 1. The molecule has 3 aromatic rings. The van der Waals surface area contributed by atoms with Gasteiger partial charge in [0.15, 0.2) is 0 Å². The summed E-state index contributed by atoms with van der Waals surface area (Å²) >= 11 is 26.2. The first-order valence-electron chi connectivity index (χ1n) is 18.2. The number of rotatable bonds is 15. The number of carbonyl (C=O) groups excluding carboxylic acids is 1. The van der Waals surface area contributed by atoms with E-state index in [0.29, 0.717) is 25.7 Å². The minimum Gasteiger partial charge on any atom is -0.756 e. The van der Waals surface area contributed by atoms with Gasteiger partial charge in [0.1, 0.15) is 35.2 Å². The van der Waals surface area contributed by atoms with E-state index < -0.39 is 61.4 Å². The van der Waals surface area contributed by atoms with Gasteiger partial charge in [0, 0.05) is 52.4 Å². The highest BCUT2D eigenvalue weighted by Crippen LogP contribution is 2.50. The fraction of sp³-hybridized carbons (Fsp3) is 0.342. The molecular formula is C38H36Cl4N4O13P-. The minimum absolute atomic E-state index is 0.00900. The van der Waals surface area contributed by atoms with Crippen molar-refractivity contribution in [1.82, 2.24) is 14.9 Å². The Balaban J connectivity index is 1.09. The maximum absolute atomic E-state index is 13.6. The lowest BCUT2D eigenvalue weighted by Crippen LogP contribution is -2.29. The van der Waals surface area contributed by atoms with Crippen LogP contribution in [0.1, 0.15) is 70.2 Å². The highest BCUT2D eigenvalue weighted by molar-refractivity contribution is 7.45. The van der Waals surface area contributed by atoms with Crippen LogP contribution in [0, 0.1) is 13.8 Å². The molecule has 0 saturated carbocycles. The second kappa shape index (κ2) is 18.4. The van der Waals surface area contributed by atoms with E-state index in [0.717, 1.165) is 10.6 Å². The van der Waals surface area contributed by atoms with Crippen LogP contribution in [0.4, 0.5) is 5.82 Å². The number of nitrogens with one attached hydrogen (secondary N) is 1. The summed E-state index contributed by atoms with van der Waals surface area (Å²) in [7, 11) is -4.77. The Labute approximate surface area is 360 Å². The number of phosphoric acid groups is 1. The molecule has 3 aliphatic rings. The van der Waals surface area contributed by atoms with Crippen molar-refractivity contribution in [3.8, 4) is 28.2 Å². The number of aliphatic hydroxyl groups is 1. The number of aromatic nitrogens is 2. The molecule has 1 aromatic heterocycles. The van der Waals surface area contributed by atoms with Crippen molar-refractivity contribution in [3.63, 3.8) is 0 Å². The molecule has 6 N–H and O–H groups in total. The molecule has 1 saturated heterocycles. The summed E-state index contributed by atoms with van der Waals surface area (Å²) in [5.41, 5.74) is 4.00. The van der Waals surface area contributed by atoms with E-state index in [1.54, 1.807) is 0 Å². The predicted octanol–water partition coefficient (Wildman–Crippen LogP) is 6.48. The summed E-state index contributed by atoms with van der Waals surface area (Å²) in [5, 5.41) is 33.3. The summed E-state index contributed by atoms with van der Waals surface area (Å²) in [4.78, 5) is 67.2. The fourth-order valence-corrected chi connectivity index (χ4v) is 8.69. The second-order valence-electron chi connectivity index (χ2n) is 13.9. The van der Waals surface area contributed by atoms with Crippen LogP contribution < -0.4 is 27.1 Å². The Kier molecular flexibility index (Phi) is 13.9. The third-order valence-electron chi connectivity index (χ3n) is 9.89. The smallest absolute Gasteiger partial charge is 0.351 e. The van der Waals surface area contributed by atoms with Gasteiger partial charge in [-0.3, -0.25) is 18.7 Å². The highest BCUT2D eigenvalue weighted by Gasteiger charge is 2.37. The molecule has 1 aliphatic carbocycles. The molecule has 17 nitrogen and oxygen atoms in total. The maximum atomic E-state index is 13.6. The number of amides is 1. The van der Waals surface area contributed by atoms with Gasteiger partial charge in [-0.1, -0.05) is 59.2 Å². The van der Waals surface area contributed by atoms with Gasteiger partial charge >= 0.3 is 11.7 Å².